The number of nitrogens with two attached hydrogens (primary N) is 1. The van der Waals surface area contributed by atoms with Crippen molar-refractivity contribution in [1.29, 1.82) is 0 Å². The number of carbonyl (C=O) groups is 1. The number of rotatable bonds is 3. The lowest BCUT2D eigenvalue weighted by Gasteiger charge is -2.01. The van der Waals surface area contributed by atoms with Gasteiger partial charge in [-0.05, 0) is 36.4 Å². The van der Waals surface area contributed by atoms with Gasteiger partial charge < -0.3 is 17.0 Å². The van der Waals surface area contributed by atoms with Gasteiger partial charge in [-0.3, -0.25) is 10.6 Å². The predicted octanol–water partition coefficient (Wildman–Crippen LogP) is -0.509. The van der Waals surface area contributed by atoms with Crippen LogP contribution < -0.4 is 27.4 Å². The Morgan fingerprint density at radius 1 is 1.18 bits per heavy atom. The van der Waals surface area contributed by atoms with E-state index in [2.05, 4.69) is 0 Å². The summed E-state index contributed by atoms with van der Waals surface area (Å²) < 4.78 is 3.52. The Kier molecular flexibility index (Phi) is 4.88. The normalized spacial score (nSPS) is 10.5. The van der Waals surface area contributed by atoms with Crippen molar-refractivity contribution < 1.29 is 26.3 Å². The van der Waals surface area contributed by atoms with E-state index in [9.17, 15) is 4.79 Å². The van der Waals surface area contributed by atoms with Crippen molar-refractivity contribution in [3.05, 3.63) is 64.9 Å². The van der Waals surface area contributed by atoms with Crippen molar-refractivity contribution in [2.75, 3.05) is 5.84 Å². The Bertz CT molecular complexity index is 827. The third-order valence-electron chi connectivity index (χ3n) is 3.64. The van der Waals surface area contributed by atoms with Crippen LogP contribution in [-0.4, -0.2) is 10.5 Å². The summed E-state index contributed by atoms with van der Waals surface area (Å²) in [6.07, 6.45) is 0. The van der Waals surface area contributed by atoms with Crippen molar-refractivity contribution in [2.45, 2.75) is 13.5 Å². The van der Waals surface area contributed by atoms with Crippen LogP contribution in [0.25, 0.3) is 11.0 Å². The molecular formula is C16H15BrClN3O. The molecule has 0 unspecified atom stereocenters. The van der Waals surface area contributed by atoms with Crippen LogP contribution in [0.4, 0.5) is 0 Å². The molecule has 3 aromatic rings. The largest absolute Gasteiger partial charge is 1.00 e. The molecule has 0 radical (unpaired) electrons. The lowest BCUT2D eigenvalue weighted by Crippen LogP contribution is -3.00. The maximum Gasteiger partial charge on any atom is 0.277 e. The van der Waals surface area contributed by atoms with E-state index in [-0.39, 0.29) is 29.3 Å². The van der Waals surface area contributed by atoms with Gasteiger partial charge in [0, 0.05) is 17.5 Å². The van der Waals surface area contributed by atoms with Gasteiger partial charge in [-0.25, -0.2) is 4.57 Å². The Morgan fingerprint density at radius 2 is 1.82 bits per heavy atom. The summed E-state index contributed by atoms with van der Waals surface area (Å²) in [6, 6.07) is 14.7. The summed E-state index contributed by atoms with van der Waals surface area (Å²) in [5.74, 6) is 6.90. The molecule has 0 saturated heterocycles. The number of halogens is 2. The van der Waals surface area contributed by atoms with E-state index in [4.69, 9.17) is 17.4 Å². The number of benzene rings is 2. The van der Waals surface area contributed by atoms with Crippen LogP contribution in [0, 0.1) is 6.92 Å². The fourth-order valence-electron chi connectivity index (χ4n) is 2.45. The number of imidazole rings is 1. The van der Waals surface area contributed by atoms with Gasteiger partial charge in [-0.2, -0.15) is 0 Å². The molecule has 1 aromatic heterocycles. The monoisotopic (exact) mass is 379 g/mol. The van der Waals surface area contributed by atoms with E-state index in [1.54, 1.807) is 28.9 Å². The SMILES string of the molecule is Cc1n(N)c2ccccc2[n+]1CC(=O)c1ccc(Cl)cc1.[Br-]. The highest BCUT2D eigenvalue weighted by Gasteiger charge is 2.22. The number of fused-ring (bicyclic) bond motifs is 1. The number of ketones is 1. The topological polar surface area (TPSA) is 51.9 Å². The quantitative estimate of drug-likeness (QED) is 0.378. The Balaban J connectivity index is 0.00000176. The van der Waals surface area contributed by atoms with Crippen LogP contribution in [0.1, 0.15) is 16.2 Å². The van der Waals surface area contributed by atoms with Gasteiger partial charge in [0.15, 0.2) is 17.6 Å². The number of Topliss-reactive ketones (excluding diaryl/α,β-unsaturated/α-hetero) is 1. The minimum atomic E-state index is 0. The lowest BCUT2D eigenvalue weighted by atomic mass is 10.1. The van der Waals surface area contributed by atoms with Crippen LogP contribution in [-0.2, 0) is 6.54 Å². The smallest absolute Gasteiger partial charge is 0.277 e. The molecule has 0 bridgehead atoms. The van der Waals surface area contributed by atoms with E-state index >= 15 is 0 Å². The highest BCUT2D eigenvalue weighted by Crippen LogP contribution is 2.13. The van der Waals surface area contributed by atoms with Gasteiger partial charge in [0.05, 0.1) is 0 Å². The summed E-state index contributed by atoms with van der Waals surface area (Å²) >= 11 is 5.85. The zero-order chi connectivity index (χ0) is 15.0. The van der Waals surface area contributed by atoms with Gasteiger partial charge >= 0.3 is 0 Å². The molecular weight excluding hydrogens is 366 g/mol. The summed E-state index contributed by atoms with van der Waals surface area (Å²) in [5.41, 5.74) is 2.49. The maximum absolute atomic E-state index is 12.4. The number of para-hydroxylation sites is 2. The minimum absolute atomic E-state index is 0. The minimum Gasteiger partial charge on any atom is -1.00 e. The fraction of sp³-hybridized carbons (Fsp3) is 0.125. The molecule has 4 nitrogen and oxygen atoms in total. The van der Waals surface area contributed by atoms with Crippen LogP contribution >= 0.6 is 11.6 Å². The van der Waals surface area contributed by atoms with E-state index in [0.717, 1.165) is 16.9 Å². The Hall–Kier alpha value is -1.85. The van der Waals surface area contributed by atoms with Crippen LogP contribution in [0.5, 0.6) is 0 Å². The number of nitrogen functional groups attached to an aromatic ring is 1. The third kappa shape index (κ3) is 2.87. The molecule has 0 atom stereocenters. The van der Waals surface area contributed by atoms with Crippen molar-refractivity contribution in [3.63, 3.8) is 0 Å². The standard InChI is InChI=1S/C16H15ClN3O.BrH/c1-11-19(14-4-2-3-5-15(14)20(11)18)10-16(21)12-6-8-13(17)9-7-12;/h2-9H,10,18H2,1H3;1H/q+1;/p-1. The van der Waals surface area contributed by atoms with Crippen molar-refractivity contribution in [1.82, 2.24) is 4.68 Å². The number of hydrogen-bond donors (Lipinski definition) is 1. The molecule has 114 valence electrons. The summed E-state index contributed by atoms with van der Waals surface area (Å²) in [4.78, 5) is 12.4. The Labute approximate surface area is 143 Å². The molecule has 0 spiro atoms. The molecule has 1 heterocycles. The number of carbonyl (C=O) groups excluding carboxylic acids is 1. The molecule has 2 aromatic carbocycles. The number of aromatic nitrogens is 2. The predicted molar refractivity (Wildman–Crippen MR) is 82.8 cm³/mol. The zero-order valence-corrected chi connectivity index (χ0v) is 14.3. The van der Waals surface area contributed by atoms with Gasteiger partial charge in [-0.15, -0.1) is 4.68 Å². The molecule has 6 heteroatoms. The summed E-state index contributed by atoms with van der Waals surface area (Å²) in [5, 5.41) is 0.619. The molecule has 22 heavy (non-hydrogen) atoms. The second-order valence-electron chi connectivity index (χ2n) is 4.92. The first kappa shape index (κ1) is 16.5. The van der Waals surface area contributed by atoms with Gasteiger partial charge in [0.2, 0.25) is 5.78 Å². The maximum atomic E-state index is 12.4. The van der Waals surface area contributed by atoms with Crippen LogP contribution in [0.3, 0.4) is 0 Å². The highest BCUT2D eigenvalue weighted by molar-refractivity contribution is 6.30. The molecule has 0 fully saturated rings. The van der Waals surface area contributed by atoms with Gasteiger partial charge in [-0.1, -0.05) is 23.7 Å². The molecule has 2 N–H and O–H groups in total. The zero-order valence-electron chi connectivity index (χ0n) is 12.0. The average Bonchev–Trinajstić information content (AvgIpc) is 2.73. The average molecular weight is 381 g/mol. The first-order chi connectivity index (χ1) is 10.1. The van der Waals surface area contributed by atoms with Crippen LogP contribution in [0.2, 0.25) is 5.02 Å². The van der Waals surface area contributed by atoms with E-state index < -0.39 is 0 Å². The highest BCUT2D eigenvalue weighted by atomic mass is 79.9. The lowest BCUT2D eigenvalue weighted by molar-refractivity contribution is -0.664. The number of hydrogen-bond acceptors (Lipinski definition) is 2. The number of nitrogens with zero attached hydrogens (tertiary/aromatic N) is 2. The third-order valence-corrected chi connectivity index (χ3v) is 3.89. The molecule has 0 aliphatic heterocycles. The summed E-state index contributed by atoms with van der Waals surface area (Å²) in [6.45, 7) is 2.15. The molecule has 0 aliphatic rings. The second kappa shape index (κ2) is 6.50. The van der Waals surface area contributed by atoms with E-state index in [1.807, 2.05) is 35.8 Å². The molecule has 0 amide bonds. The van der Waals surface area contributed by atoms with Crippen molar-refractivity contribution >= 4 is 28.4 Å². The van der Waals surface area contributed by atoms with Crippen molar-refractivity contribution in [3.8, 4) is 0 Å². The Morgan fingerprint density at radius 3 is 2.50 bits per heavy atom. The molecule has 0 aliphatic carbocycles. The first-order valence-corrected chi connectivity index (χ1v) is 6.99. The summed E-state index contributed by atoms with van der Waals surface area (Å²) in [7, 11) is 0. The van der Waals surface area contributed by atoms with Crippen LogP contribution in [0.15, 0.2) is 48.5 Å². The van der Waals surface area contributed by atoms with Crippen molar-refractivity contribution in [2.24, 2.45) is 0 Å². The van der Waals surface area contributed by atoms with Gasteiger partial charge in [0.1, 0.15) is 0 Å². The first-order valence-electron chi connectivity index (χ1n) is 6.61. The van der Waals surface area contributed by atoms with E-state index in [1.165, 1.54) is 0 Å². The molecule has 3 rings (SSSR count). The van der Waals surface area contributed by atoms with Gasteiger partial charge in [0.25, 0.3) is 5.82 Å². The fourth-order valence-corrected chi connectivity index (χ4v) is 2.57. The second-order valence-corrected chi connectivity index (χ2v) is 5.36. The van der Waals surface area contributed by atoms with E-state index in [0.29, 0.717) is 10.6 Å². The molecule has 0 saturated carbocycles.